The molecule has 0 fully saturated rings. The molecule has 0 aliphatic heterocycles. The molecule has 0 amide bonds. The molecule has 0 saturated heterocycles. The first-order chi connectivity index (χ1) is 12.8. The molecule has 1 aromatic carbocycles. The van der Waals surface area contributed by atoms with Crippen LogP contribution < -0.4 is 16.0 Å². The lowest BCUT2D eigenvalue weighted by atomic mass is 10.2. The van der Waals surface area contributed by atoms with Crippen molar-refractivity contribution in [2.75, 3.05) is 7.11 Å². The fourth-order valence-electron chi connectivity index (χ4n) is 3.43. The van der Waals surface area contributed by atoms with Crippen LogP contribution in [0.4, 0.5) is 0 Å². The Labute approximate surface area is 158 Å². The van der Waals surface area contributed by atoms with Crippen LogP contribution >= 0.6 is 11.6 Å². The minimum absolute atomic E-state index is 0.342. The lowest BCUT2D eigenvalue weighted by Crippen LogP contribution is -2.37. The zero-order valence-electron chi connectivity index (χ0n) is 15.6. The predicted molar refractivity (Wildman–Crippen MR) is 104 cm³/mol. The molecule has 4 aromatic rings. The molecule has 0 spiro atoms. The van der Waals surface area contributed by atoms with E-state index in [1.54, 1.807) is 30.7 Å². The molecule has 140 valence electrons. The Kier molecular flexibility index (Phi) is 3.71. The highest BCUT2D eigenvalue weighted by Crippen LogP contribution is 2.30. The maximum absolute atomic E-state index is 12.8. The van der Waals surface area contributed by atoms with Crippen LogP contribution in [0.3, 0.4) is 0 Å². The quantitative estimate of drug-likeness (QED) is 0.527. The van der Waals surface area contributed by atoms with Gasteiger partial charge in [0, 0.05) is 25.5 Å². The summed E-state index contributed by atoms with van der Waals surface area (Å²) in [4.78, 5) is 29.6. The molecule has 0 radical (unpaired) electrons. The fourth-order valence-corrected chi connectivity index (χ4v) is 3.68. The van der Waals surface area contributed by atoms with Gasteiger partial charge in [-0.3, -0.25) is 22.9 Å². The molecule has 3 heterocycles. The Morgan fingerprint density at radius 1 is 1.07 bits per heavy atom. The van der Waals surface area contributed by atoms with E-state index in [1.165, 1.54) is 11.6 Å². The van der Waals surface area contributed by atoms with Gasteiger partial charge in [0.2, 0.25) is 5.78 Å². The lowest BCUT2D eigenvalue weighted by molar-refractivity contribution is 0.415. The van der Waals surface area contributed by atoms with Crippen molar-refractivity contribution in [3.63, 3.8) is 0 Å². The Balaban J connectivity index is 2.18. The molecule has 0 aliphatic rings. The van der Waals surface area contributed by atoms with Gasteiger partial charge in [-0.15, -0.1) is 0 Å². The van der Waals surface area contributed by atoms with Gasteiger partial charge in [-0.05, 0) is 32.0 Å². The van der Waals surface area contributed by atoms with Crippen molar-refractivity contribution >= 4 is 28.5 Å². The number of nitrogens with zero attached hydrogens (tertiary/aromatic N) is 5. The van der Waals surface area contributed by atoms with E-state index in [0.717, 1.165) is 21.6 Å². The molecule has 0 bridgehead atoms. The van der Waals surface area contributed by atoms with Gasteiger partial charge in [0.05, 0.1) is 17.8 Å². The Hall–Kier alpha value is -3.00. The van der Waals surface area contributed by atoms with E-state index >= 15 is 0 Å². The van der Waals surface area contributed by atoms with Crippen LogP contribution in [-0.4, -0.2) is 30.2 Å². The van der Waals surface area contributed by atoms with Crippen molar-refractivity contribution in [2.45, 2.75) is 13.8 Å². The minimum Gasteiger partial charge on any atom is -0.495 e. The summed E-state index contributed by atoms with van der Waals surface area (Å²) in [5.74, 6) is 1.11. The molecular weight excluding hydrogens is 370 g/mol. The summed E-state index contributed by atoms with van der Waals surface area (Å²) in [5, 5.41) is 0.471. The predicted octanol–water partition coefficient (Wildman–Crippen LogP) is 1.95. The summed E-state index contributed by atoms with van der Waals surface area (Å²) < 4.78 is 11.4. The van der Waals surface area contributed by atoms with Gasteiger partial charge in [0.25, 0.3) is 5.56 Å². The normalized spacial score (nSPS) is 11.6. The third kappa shape index (κ3) is 2.19. The number of rotatable bonds is 2. The molecule has 0 saturated carbocycles. The third-order valence-corrected chi connectivity index (χ3v) is 5.32. The second kappa shape index (κ2) is 5.75. The first-order valence-corrected chi connectivity index (χ1v) is 8.65. The van der Waals surface area contributed by atoms with Crippen LogP contribution in [0.15, 0.2) is 27.8 Å². The van der Waals surface area contributed by atoms with E-state index in [4.69, 9.17) is 16.3 Å². The van der Waals surface area contributed by atoms with E-state index < -0.39 is 5.69 Å². The second-order valence-electron chi connectivity index (χ2n) is 6.45. The van der Waals surface area contributed by atoms with E-state index in [9.17, 15) is 9.59 Å². The van der Waals surface area contributed by atoms with Crippen LogP contribution in [0.1, 0.15) is 11.4 Å². The monoisotopic (exact) mass is 387 g/mol. The number of aryl methyl sites for hydroxylation is 2. The van der Waals surface area contributed by atoms with Crippen molar-refractivity contribution in [1.29, 1.82) is 0 Å². The Morgan fingerprint density at radius 2 is 1.78 bits per heavy atom. The number of ether oxygens (including phenoxy) is 1. The van der Waals surface area contributed by atoms with E-state index in [0.29, 0.717) is 27.7 Å². The number of methoxy groups -OCH3 is 1. The number of hydrogen-bond acceptors (Lipinski definition) is 4. The molecule has 9 heteroatoms. The SMILES string of the molecule is COc1ccc(-n2c(C)c(C)n3c4c(=O)n(C)c(=O)n(C)c4nc23)cc1Cl. The standard InChI is InChI=1S/C18H18ClN5O3/c1-9-10(2)24-14-15(21(3)18(26)22(4)16(14)25)20-17(24)23(9)11-6-7-13(27-5)12(19)8-11/h6-8H,1-5H3. The number of hydrogen-bond donors (Lipinski definition) is 0. The van der Waals surface area contributed by atoms with Gasteiger partial charge in [-0.25, -0.2) is 4.79 Å². The lowest BCUT2D eigenvalue weighted by Gasteiger charge is -2.09. The van der Waals surface area contributed by atoms with Crippen LogP contribution in [0, 0.1) is 13.8 Å². The van der Waals surface area contributed by atoms with E-state index in [1.807, 2.05) is 24.5 Å². The average molecular weight is 388 g/mol. The van der Waals surface area contributed by atoms with Gasteiger partial charge in [-0.1, -0.05) is 11.6 Å². The van der Waals surface area contributed by atoms with Crippen LogP contribution in [0.2, 0.25) is 5.02 Å². The summed E-state index contributed by atoms with van der Waals surface area (Å²) in [6, 6.07) is 5.43. The van der Waals surface area contributed by atoms with Gasteiger partial charge in [0.1, 0.15) is 5.75 Å². The number of fused-ring (bicyclic) bond motifs is 3. The molecule has 0 unspecified atom stereocenters. The topological polar surface area (TPSA) is 75.5 Å². The second-order valence-corrected chi connectivity index (χ2v) is 6.86. The van der Waals surface area contributed by atoms with Gasteiger partial charge in [0.15, 0.2) is 11.2 Å². The van der Waals surface area contributed by atoms with Crippen LogP contribution in [-0.2, 0) is 14.1 Å². The maximum atomic E-state index is 12.8. The summed E-state index contributed by atoms with van der Waals surface area (Å²) in [7, 11) is 4.63. The van der Waals surface area contributed by atoms with Crippen molar-refractivity contribution in [3.8, 4) is 11.4 Å². The molecule has 0 atom stereocenters. The first kappa shape index (κ1) is 17.4. The van der Waals surface area contributed by atoms with Crippen LogP contribution in [0.25, 0.3) is 22.6 Å². The van der Waals surface area contributed by atoms with Gasteiger partial charge in [-0.2, -0.15) is 4.98 Å². The molecule has 27 heavy (non-hydrogen) atoms. The Bertz CT molecular complexity index is 1360. The number of benzene rings is 1. The van der Waals surface area contributed by atoms with Crippen molar-refractivity contribution < 1.29 is 4.74 Å². The third-order valence-electron chi connectivity index (χ3n) is 5.03. The maximum Gasteiger partial charge on any atom is 0.332 e. The number of aromatic nitrogens is 5. The molecule has 4 rings (SSSR count). The highest BCUT2D eigenvalue weighted by atomic mass is 35.5. The molecule has 0 N–H and O–H groups in total. The summed E-state index contributed by atoms with van der Waals surface area (Å²) in [5.41, 5.74) is 2.47. The van der Waals surface area contributed by atoms with E-state index in [-0.39, 0.29) is 5.56 Å². The number of halogens is 1. The largest absolute Gasteiger partial charge is 0.495 e. The van der Waals surface area contributed by atoms with Crippen molar-refractivity contribution in [3.05, 3.63) is 55.4 Å². The Morgan fingerprint density at radius 3 is 2.41 bits per heavy atom. The summed E-state index contributed by atoms with van der Waals surface area (Å²) >= 11 is 6.30. The van der Waals surface area contributed by atoms with Gasteiger partial charge < -0.3 is 4.74 Å². The zero-order chi connectivity index (χ0) is 19.6. The summed E-state index contributed by atoms with van der Waals surface area (Å²) in [6.45, 7) is 3.86. The first-order valence-electron chi connectivity index (χ1n) is 8.28. The molecular formula is C18H18ClN5O3. The average Bonchev–Trinajstić information content (AvgIpc) is 3.14. The van der Waals surface area contributed by atoms with E-state index in [2.05, 4.69) is 4.98 Å². The molecule has 0 aliphatic carbocycles. The molecule has 3 aromatic heterocycles. The number of imidazole rings is 2. The molecule has 8 nitrogen and oxygen atoms in total. The minimum atomic E-state index is -0.415. The highest BCUT2D eigenvalue weighted by molar-refractivity contribution is 6.32. The highest BCUT2D eigenvalue weighted by Gasteiger charge is 2.22. The van der Waals surface area contributed by atoms with Crippen LogP contribution in [0.5, 0.6) is 5.75 Å². The van der Waals surface area contributed by atoms with Crippen molar-refractivity contribution in [1.82, 2.24) is 23.1 Å². The zero-order valence-corrected chi connectivity index (χ0v) is 16.3. The summed E-state index contributed by atoms with van der Waals surface area (Å²) in [6.07, 6.45) is 0. The fraction of sp³-hybridized carbons (Fsp3) is 0.278. The van der Waals surface area contributed by atoms with Crippen molar-refractivity contribution in [2.24, 2.45) is 14.1 Å². The smallest absolute Gasteiger partial charge is 0.332 e. The van der Waals surface area contributed by atoms with Gasteiger partial charge >= 0.3 is 5.69 Å².